The van der Waals surface area contributed by atoms with Crippen LogP contribution in [0.1, 0.15) is 119 Å². The van der Waals surface area contributed by atoms with E-state index in [1.807, 2.05) is 0 Å². The third kappa shape index (κ3) is 12.2. The molecule has 2 rings (SSSR count). The Labute approximate surface area is 193 Å². The fourth-order valence-corrected chi connectivity index (χ4v) is 4.71. The number of hydrogen-bond acceptors (Lipinski definition) is 0. The highest BCUT2D eigenvalue weighted by atomic mass is 14.0. The lowest BCUT2D eigenvalue weighted by Gasteiger charge is -2.06. The van der Waals surface area contributed by atoms with E-state index in [-0.39, 0.29) is 0 Å². The summed E-state index contributed by atoms with van der Waals surface area (Å²) in [6.45, 7) is 4.48. The van der Waals surface area contributed by atoms with Crippen LogP contribution in [-0.2, 0) is 12.8 Å². The van der Waals surface area contributed by atoms with Crippen LogP contribution in [0.3, 0.4) is 0 Å². The maximum atomic E-state index is 2.29. The quantitative estimate of drug-likeness (QED) is 0.210. The van der Waals surface area contributed by atoms with Gasteiger partial charge < -0.3 is 0 Å². The van der Waals surface area contributed by atoms with E-state index in [2.05, 4.69) is 62.4 Å². The van der Waals surface area contributed by atoms with Gasteiger partial charge in [0.1, 0.15) is 0 Å². The van der Waals surface area contributed by atoms with Crippen molar-refractivity contribution in [2.24, 2.45) is 0 Å². The van der Waals surface area contributed by atoms with Crippen LogP contribution in [0.15, 0.2) is 48.5 Å². The minimum Gasteiger partial charge on any atom is -0.0620 e. The highest BCUT2D eigenvalue weighted by molar-refractivity contribution is 5.26. The van der Waals surface area contributed by atoms with Gasteiger partial charge in [0.2, 0.25) is 0 Å². The number of rotatable bonds is 18. The standard InChI is InChI=1S/C31H48/c1-28-22-18-20-26-30(28)24-16-14-12-10-8-6-4-3-5-7-9-11-13-15-17-25-31-27-21-19-23-29(31)2/h18-23,26-27H,3-17,24-25H2,1-2H3. The molecule has 0 saturated heterocycles. The van der Waals surface area contributed by atoms with E-state index in [1.165, 1.54) is 120 Å². The molecule has 2 aromatic rings. The molecule has 0 aliphatic carbocycles. The molecule has 0 bridgehead atoms. The van der Waals surface area contributed by atoms with E-state index in [9.17, 15) is 0 Å². The molecule has 0 N–H and O–H groups in total. The summed E-state index contributed by atoms with van der Waals surface area (Å²) in [5.74, 6) is 0. The van der Waals surface area contributed by atoms with E-state index < -0.39 is 0 Å². The van der Waals surface area contributed by atoms with Crippen LogP contribution in [0.25, 0.3) is 0 Å². The van der Waals surface area contributed by atoms with Crippen molar-refractivity contribution in [3.05, 3.63) is 70.8 Å². The molecule has 0 fully saturated rings. The van der Waals surface area contributed by atoms with Gasteiger partial charge in [0.05, 0.1) is 0 Å². The van der Waals surface area contributed by atoms with Crippen LogP contribution < -0.4 is 0 Å². The zero-order chi connectivity index (χ0) is 22.0. The predicted molar refractivity (Wildman–Crippen MR) is 139 cm³/mol. The topological polar surface area (TPSA) is 0 Å². The van der Waals surface area contributed by atoms with E-state index in [0.29, 0.717) is 0 Å². The summed E-state index contributed by atoms with van der Waals surface area (Å²) in [7, 11) is 0. The lowest BCUT2D eigenvalue weighted by atomic mass is 10.0. The Morgan fingerprint density at radius 3 is 0.903 bits per heavy atom. The Bertz CT molecular complexity index is 624. The first-order valence-electron chi connectivity index (χ1n) is 13.4. The second-order valence-corrected chi connectivity index (χ2v) is 9.66. The summed E-state index contributed by atoms with van der Waals surface area (Å²) >= 11 is 0. The maximum Gasteiger partial charge on any atom is -0.0276 e. The van der Waals surface area contributed by atoms with Gasteiger partial charge in [-0.25, -0.2) is 0 Å². The van der Waals surface area contributed by atoms with Crippen LogP contribution >= 0.6 is 0 Å². The molecule has 0 saturated carbocycles. The van der Waals surface area contributed by atoms with Gasteiger partial charge in [-0.05, 0) is 61.8 Å². The molecular formula is C31H48. The fourth-order valence-electron chi connectivity index (χ4n) is 4.71. The van der Waals surface area contributed by atoms with Gasteiger partial charge in [-0.1, -0.05) is 132 Å². The largest absolute Gasteiger partial charge is 0.0620 e. The van der Waals surface area contributed by atoms with Gasteiger partial charge in [-0.2, -0.15) is 0 Å². The van der Waals surface area contributed by atoms with Crippen LogP contribution in [-0.4, -0.2) is 0 Å². The summed E-state index contributed by atoms with van der Waals surface area (Å²) < 4.78 is 0. The van der Waals surface area contributed by atoms with Crippen molar-refractivity contribution in [2.45, 2.75) is 123 Å². The molecule has 31 heavy (non-hydrogen) atoms. The summed E-state index contributed by atoms with van der Waals surface area (Å²) in [4.78, 5) is 0. The van der Waals surface area contributed by atoms with Crippen molar-refractivity contribution in [3.8, 4) is 0 Å². The predicted octanol–water partition coefficient (Wildman–Crippen LogP) is 9.94. The fraction of sp³-hybridized carbons (Fsp3) is 0.613. The zero-order valence-corrected chi connectivity index (χ0v) is 20.6. The number of benzene rings is 2. The Balaban J connectivity index is 1.27. The Hall–Kier alpha value is -1.56. The second-order valence-electron chi connectivity index (χ2n) is 9.66. The highest BCUT2D eigenvalue weighted by Crippen LogP contribution is 2.16. The van der Waals surface area contributed by atoms with Gasteiger partial charge in [-0.3, -0.25) is 0 Å². The summed E-state index contributed by atoms with van der Waals surface area (Å²) in [6.07, 6.45) is 24.0. The molecule has 0 spiro atoms. The lowest BCUT2D eigenvalue weighted by molar-refractivity contribution is 0.530. The third-order valence-electron chi connectivity index (χ3n) is 6.91. The van der Waals surface area contributed by atoms with E-state index in [1.54, 1.807) is 11.1 Å². The highest BCUT2D eigenvalue weighted by Gasteiger charge is 1.99. The molecule has 2 aromatic carbocycles. The molecule has 0 amide bonds. The van der Waals surface area contributed by atoms with Crippen molar-refractivity contribution >= 4 is 0 Å². The molecule has 0 aliphatic heterocycles. The molecule has 0 aromatic heterocycles. The van der Waals surface area contributed by atoms with Crippen LogP contribution in [0.4, 0.5) is 0 Å². The normalized spacial score (nSPS) is 11.2. The summed E-state index contributed by atoms with van der Waals surface area (Å²) in [5, 5.41) is 0. The number of hydrogen-bond donors (Lipinski definition) is 0. The Kier molecular flexibility index (Phi) is 14.1. The second kappa shape index (κ2) is 17.0. The molecule has 0 aliphatic rings. The third-order valence-corrected chi connectivity index (χ3v) is 6.91. The van der Waals surface area contributed by atoms with Gasteiger partial charge in [-0.15, -0.1) is 0 Å². The van der Waals surface area contributed by atoms with E-state index >= 15 is 0 Å². The van der Waals surface area contributed by atoms with Crippen molar-refractivity contribution in [1.82, 2.24) is 0 Å². The van der Waals surface area contributed by atoms with E-state index in [4.69, 9.17) is 0 Å². The maximum absolute atomic E-state index is 2.29. The first-order valence-corrected chi connectivity index (χ1v) is 13.4. The van der Waals surface area contributed by atoms with Gasteiger partial charge in [0, 0.05) is 0 Å². The zero-order valence-electron chi connectivity index (χ0n) is 20.6. The molecule has 172 valence electrons. The molecule has 0 heteroatoms. The van der Waals surface area contributed by atoms with Crippen molar-refractivity contribution in [3.63, 3.8) is 0 Å². The number of aryl methyl sites for hydroxylation is 4. The van der Waals surface area contributed by atoms with Gasteiger partial charge in [0.15, 0.2) is 0 Å². The van der Waals surface area contributed by atoms with Gasteiger partial charge in [0.25, 0.3) is 0 Å². The monoisotopic (exact) mass is 420 g/mol. The number of unbranched alkanes of at least 4 members (excludes halogenated alkanes) is 14. The van der Waals surface area contributed by atoms with Crippen molar-refractivity contribution < 1.29 is 0 Å². The first-order chi connectivity index (χ1) is 15.3. The average Bonchev–Trinajstić information content (AvgIpc) is 2.78. The van der Waals surface area contributed by atoms with E-state index in [0.717, 1.165) is 0 Å². The lowest BCUT2D eigenvalue weighted by Crippen LogP contribution is -1.90. The van der Waals surface area contributed by atoms with Crippen molar-refractivity contribution in [1.29, 1.82) is 0 Å². The molecular weight excluding hydrogens is 372 g/mol. The SMILES string of the molecule is Cc1ccccc1CCCCCCCCCCCCCCCCCc1ccccc1C. The van der Waals surface area contributed by atoms with Crippen LogP contribution in [0.2, 0.25) is 0 Å². The molecule has 0 radical (unpaired) electrons. The Morgan fingerprint density at radius 2 is 0.613 bits per heavy atom. The Morgan fingerprint density at radius 1 is 0.355 bits per heavy atom. The molecule has 0 heterocycles. The molecule has 0 nitrogen and oxygen atoms in total. The van der Waals surface area contributed by atoms with Crippen LogP contribution in [0, 0.1) is 13.8 Å². The molecule has 0 atom stereocenters. The minimum atomic E-state index is 1.26. The first kappa shape index (κ1) is 25.7. The summed E-state index contributed by atoms with van der Waals surface area (Å²) in [5.41, 5.74) is 6.01. The average molecular weight is 421 g/mol. The molecule has 0 unspecified atom stereocenters. The smallest absolute Gasteiger partial charge is 0.0276 e. The van der Waals surface area contributed by atoms with Crippen molar-refractivity contribution in [2.75, 3.05) is 0 Å². The summed E-state index contributed by atoms with van der Waals surface area (Å²) in [6, 6.07) is 17.7. The minimum absolute atomic E-state index is 1.26. The van der Waals surface area contributed by atoms with Gasteiger partial charge >= 0.3 is 0 Å². The van der Waals surface area contributed by atoms with Crippen LogP contribution in [0.5, 0.6) is 0 Å².